The van der Waals surface area contributed by atoms with Crippen molar-refractivity contribution in [2.45, 2.75) is 71.1 Å². The number of ketones is 1. The molecule has 0 aromatic rings. The summed E-state index contributed by atoms with van der Waals surface area (Å²) in [4.78, 5) is 25.7. The van der Waals surface area contributed by atoms with Crippen LogP contribution in [-0.4, -0.2) is 24.8 Å². The maximum Gasteiger partial charge on any atom is 0.220 e. The number of hydrogen-bond acceptors (Lipinski definition) is 3. The molecular weight excluding hydrogens is 268 g/mol. The molecule has 0 aliphatic rings. The van der Waals surface area contributed by atoms with Gasteiger partial charge in [0.1, 0.15) is 5.78 Å². The van der Waals surface area contributed by atoms with Gasteiger partial charge in [-0.3, -0.25) is 9.59 Å². The van der Waals surface area contributed by atoms with Crippen LogP contribution in [0.1, 0.15) is 71.1 Å². The molecule has 0 fully saturated rings. The molecule has 1 amide bonds. The van der Waals surface area contributed by atoms with Crippen molar-refractivity contribution in [3.63, 3.8) is 0 Å². The summed E-state index contributed by atoms with van der Waals surface area (Å²) < 4.78 is 0. The highest BCUT2D eigenvalue weighted by Gasteiger charge is 2.06. The fourth-order valence-electron chi connectivity index (χ4n) is 1.95. The molecule has 0 rings (SSSR count). The lowest BCUT2D eigenvalue weighted by atomic mass is 10.1. The van der Waals surface area contributed by atoms with Crippen LogP contribution in [0.2, 0.25) is 0 Å². The molecule has 6 nitrogen and oxygen atoms in total. The third-order valence-corrected chi connectivity index (χ3v) is 3.26. The maximum absolute atomic E-state index is 11.6. The fourth-order valence-corrected chi connectivity index (χ4v) is 1.95. The lowest BCUT2D eigenvalue weighted by Crippen LogP contribution is -2.24. The quantitative estimate of drug-likeness (QED) is 0.228. The largest absolute Gasteiger partial charge is 0.356 e. The molecule has 120 valence electrons. The van der Waals surface area contributed by atoms with E-state index in [1.54, 1.807) is 0 Å². The van der Waals surface area contributed by atoms with Crippen LogP contribution in [0.4, 0.5) is 0 Å². The standard InChI is InChI=1S/C15H28N4O2/c1-2-3-12-17-15(21)11-10-14(20)9-7-5-4-6-8-13-18-19-16/h2-13H2,1H3,(H,17,21). The molecule has 0 aromatic heterocycles. The number of azide groups is 1. The number of carbonyl (C=O) groups is 2. The molecule has 0 heterocycles. The van der Waals surface area contributed by atoms with Gasteiger partial charge in [0.25, 0.3) is 0 Å². The summed E-state index contributed by atoms with van der Waals surface area (Å²) in [6.45, 7) is 3.34. The zero-order valence-corrected chi connectivity index (χ0v) is 13.1. The smallest absolute Gasteiger partial charge is 0.220 e. The first-order chi connectivity index (χ1) is 10.2. The van der Waals surface area contributed by atoms with Crippen LogP contribution in [0.5, 0.6) is 0 Å². The number of hydrogen-bond donors (Lipinski definition) is 1. The van der Waals surface area contributed by atoms with Crippen molar-refractivity contribution in [2.75, 3.05) is 13.1 Å². The predicted molar refractivity (Wildman–Crippen MR) is 83.9 cm³/mol. The number of rotatable bonds is 14. The van der Waals surface area contributed by atoms with Crippen molar-refractivity contribution in [1.29, 1.82) is 0 Å². The highest BCUT2D eigenvalue weighted by atomic mass is 16.2. The summed E-state index contributed by atoms with van der Waals surface area (Å²) >= 11 is 0. The molecule has 0 radical (unpaired) electrons. The zero-order valence-electron chi connectivity index (χ0n) is 13.1. The molecule has 0 bridgehead atoms. The Labute approximate surface area is 127 Å². The number of Topliss-reactive ketones (excluding diaryl/α,β-unsaturated/α-hetero) is 1. The summed E-state index contributed by atoms with van der Waals surface area (Å²) in [5, 5.41) is 6.29. The van der Waals surface area contributed by atoms with Gasteiger partial charge in [0, 0.05) is 37.3 Å². The van der Waals surface area contributed by atoms with Crippen LogP contribution >= 0.6 is 0 Å². The highest BCUT2D eigenvalue weighted by Crippen LogP contribution is 2.07. The molecule has 0 saturated carbocycles. The summed E-state index contributed by atoms with van der Waals surface area (Å²) in [7, 11) is 0. The topological polar surface area (TPSA) is 94.9 Å². The van der Waals surface area contributed by atoms with Crippen LogP contribution in [-0.2, 0) is 9.59 Å². The molecule has 6 heteroatoms. The third kappa shape index (κ3) is 14.7. The molecule has 0 atom stereocenters. The van der Waals surface area contributed by atoms with Gasteiger partial charge in [0.2, 0.25) is 5.91 Å². The van der Waals surface area contributed by atoms with Crippen LogP contribution in [0.3, 0.4) is 0 Å². The Morgan fingerprint density at radius 3 is 2.43 bits per heavy atom. The first-order valence-corrected chi connectivity index (χ1v) is 8.00. The molecule has 1 N–H and O–H groups in total. The van der Waals surface area contributed by atoms with E-state index in [-0.39, 0.29) is 11.7 Å². The minimum absolute atomic E-state index is 0.0187. The van der Waals surface area contributed by atoms with Crippen molar-refractivity contribution in [1.82, 2.24) is 5.32 Å². The van der Waals surface area contributed by atoms with E-state index in [4.69, 9.17) is 5.53 Å². The number of nitrogens with one attached hydrogen (secondary N) is 1. The maximum atomic E-state index is 11.6. The first-order valence-electron chi connectivity index (χ1n) is 8.00. The van der Waals surface area contributed by atoms with E-state index in [1.165, 1.54) is 0 Å². The van der Waals surface area contributed by atoms with Crippen molar-refractivity contribution < 1.29 is 9.59 Å². The summed E-state index contributed by atoms with van der Waals surface area (Å²) in [5.74, 6) is 0.157. The SMILES string of the molecule is CCCCNC(=O)CCC(=O)CCCCCCCN=[N+]=[N-]. The summed E-state index contributed by atoms with van der Waals surface area (Å²) in [5.41, 5.74) is 8.11. The van der Waals surface area contributed by atoms with E-state index >= 15 is 0 Å². The Bertz CT molecular complexity index is 339. The van der Waals surface area contributed by atoms with Crippen molar-refractivity contribution in [3.05, 3.63) is 10.4 Å². The summed E-state index contributed by atoms with van der Waals surface area (Å²) in [6, 6.07) is 0. The van der Waals surface area contributed by atoms with Gasteiger partial charge in [-0.2, -0.15) is 0 Å². The van der Waals surface area contributed by atoms with E-state index in [0.717, 1.165) is 44.9 Å². The minimum atomic E-state index is -0.0187. The third-order valence-electron chi connectivity index (χ3n) is 3.26. The molecule has 0 aliphatic carbocycles. The Kier molecular flexibility index (Phi) is 13.8. The molecule has 0 saturated heterocycles. The first kappa shape index (κ1) is 19.4. The normalized spacial score (nSPS) is 9.95. The van der Waals surface area contributed by atoms with Gasteiger partial charge in [-0.25, -0.2) is 0 Å². The van der Waals surface area contributed by atoms with Crippen LogP contribution in [0.15, 0.2) is 5.11 Å². The lowest BCUT2D eigenvalue weighted by molar-refractivity contribution is -0.125. The van der Waals surface area contributed by atoms with E-state index in [0.29, 0.717) is 32.4 Å². The number of unbranched alkanes of at least 4 members (excludes halogenated alkanes) is 5. The van der Waals surface area contributed by atoms with Gasteiger partial charge in [-0.15, -0.1) is 0 Å². The fraction of sp³-hybridized carbons (Fsp3) is 0.867. The van der Waals surface area contributed by atoms with Gasteiger partial charge < -0.3 is 5.32 Å². The number of amides is 1. The van der Waals surface area contributed by atoms with Gasteiger partial charge >= 0.3 is 0 Å². The Balaban J connectivity index is 3.37. The van der Waals surface area contributed by atoms with Gasteiger partial charge in [-0.1, -0.05) is 37.7 Å². The molecule has 0 aromatic carbocycles. The van der Waals surface area contributed by atoms with E-state index in [1.807, 2.05) is 0 Å². The predicted octanol–water partition coefficient (Wildman–Crippen LogP) is 3.90. The molecule has 21 heavy (non-hydrogen) atoms. The van der Waals surface area contributed by atoms with Gasteiger partial charge in [-0.05, 0) is 24.8 Å². The van der Waals surface area contributed by atoms with Gasteiger partial charge in [0.05, 0.1) is 0 Å². The van der Waals surface area contributed by atoms with E-state index in [9.17, 15) is 9.59 Å². The Hall–Kier alpha value is -1.55. The Morgan fingerprint density at radius 1 is 1.00 bits per heavy atom. The molecular formula is C15H28N4O2. The number of carbonyl (C=O) groups excluding carboxylic acids is 2. The van der Waals surface area contributed by atoms with E-state index < -0.39 is 0 Å². The van der Waals surface area contributed by atoms with Crippen molar-refractivity contribution in [2.24, 2.45) is 5.11 Å². The minimum Gasteiger partial charge on any atom is -0.356 e. The average molecular weight is 296 g/mol. The van der Waals surface area contributed by atoms with Crippen LogP contribution in [0.25, 0.3) is 10.4 Å². The van der Waals surface area contributed by atoms with Crippen molar-refractivity contribution >= 4 is 11.7 Å². The lowest BCUT2D eigenvalue weighted by Gasteiger charge is -2.04. The average Bonchev–Trinajstić information content (AvgIpc) is 2.48. The Morgan fingerprint density at radius 2 is 1.71 bits per heavy atom. The molecule has 0 aliphatic heterocycles. The zero-order chi connectivity index (χ0) is 15.8. The second-order valence-electron chi connectivity index (χ2n) is 5.21. The monoisotopic (exact) mass is 296 g/mol. The second-order valence-corrected chi connectivity index (χ2v) is 5.21. The van der Waals surface area contributed by atoms with E-state index in [2.05, 4.69) is 22.3 Å². The van der Waals surface area contributed by atoms with Gasteiger partial charge in [0.15, 0.2) is 0 Å². The summed E-state index contributed by atoms with van der Waals surface area (Å²) in [6.07, 6.45) is 8.20. The number of nitrogens with zero attached hydrogens (tertiary/aromatic N) is 3. The van der Waals surface area contributed by atoms with Crippen molar-refractivity contribution in [3.8, 4) is 0 Å². The molecule has 0 unspecified atom stereocenters. The van der Waals surface area contributed by atoms with Crippen LogP contribution in [0, 0.1) is 0 Å². The molecule has 0 spiro atoms. The van der Waals surface area contributed by atoms with Crippen LogP contribution < -0.4 is 5.32 Å². The second kappa shape index (κ2) is 14.9. The highest BCUT2D eigenvalue weighted by molar-refractivity contribution is 5.84.